The van der Waals surface area contributed by atoms with E-state index in [4.69, 9.17) is 16.3 Å². The van der Waals surface area contributed by atoms with Crippen LogP contribution in [0.3, 0.4) is 0 Å². The van der Waals surface area contributed by atoms with Gasteiger partial charge in [-0.05, 0) is 17.2 Å². The average Bonchev–Trinajstić information content (AvgIpc) is 2.59. The molecule has 0 saturated carbocycles. The van der Waals surface area contributed by atoms with Crippen LogP contribution < -0.4 is 0 Å². The summed E-state index contributed by atoms with van der Waals surface area (Å²) in [7, 11) is 1.73. The minimum absolute atomic E-state index is 0.692. The van der Waals surface area contributed by atoms with E-state index in [9.17, 15) is 0 Å². The van der Waals surface area contributed by atoms with Gasteiger partial charge in [-0.15, -0.1) is 0 Å². The molecule has 0 unspecified atom stereocenters. The first-order chi connectivity index (χ1) is 10.8. The second kappa shape index (κ2) is 6.35. The van der Waals surface area contributed by atoms with Gasteiger partial charge in [0.1, 0.15) is 5.60 Å². The fourth-order valence-electron chi connectivity index (χ4n) is 2.92. The maximum Gasteiger partial charge on any atom is 0.144 e. The molecule has 0 fully saturated rings. The van der Waals surface area contributed by atoms with Crippen molar-refractivity contribution in [1.82, 2.24) is 0 Å². The molecule has 0 amide bonds. The lowest BCUT2D eigenvalue weighted by Gasteiger charge is -2.35. The highest BCUT2D eigenvalue weighted by Gasteiger charge is 2.37. The smallest absolute Gasteiger partial charge is 0.144 e. The van der Waals surface area contributed by atoms with Crippen LogP contribution in [-0.2, 0) is 10.3 Å². The van der Waals surface area contributed by atoms with Crippen LogP contribution in [0.5, 0.6) is 0 Å². The normalized spacial score (nSPS) is 11.4. The first-order valence-corrected chi connectivity index (χ1v) is 7.58. The summed E-state index contributed by atoms with van der Waals surface area (Å²) < 4.78 is 6.09. The quantitative estimate of drug-likeness (QED) is 0.596. The third-order valence-electron chi connectivity index (χ3n) is 3.92. The van der Waals surface area contributed by atoms with Crippen molar-refractivity contribution in [2.75, 3.05) is 7.11 Å². The summed E-state index contributed by atoms with van der Waals surface area (Å²) in [5, 5.41) is 0.692. The lowest BCUT2D eigenvalue weighted by Crippen LogP contribution is -2.31. The fourth-order valence-corrected chi connectivity index (χ4v) is 3.18. The minimum Gasteiger partial charge on any atom is -0.364 e. The van der Waals surface area contributed by atoms with Gasteiger partial charge in [-0.1, -0.05) is 90.5 Å². The van der Waals surface area contributed by atoms with E-state index >= 15 is 0 Å². The summed E-state index contributed by atoms with van der Waals surface area (Å²) in [6.07, 6.45) is 0. The molecule has 0 radical (unpaired) electrons. The lowest BCUT2D eigenvalue weighted by atomic mass is 9.80. The zero-order valence-electron chi connectivity index (χ0n) is 12.4. The number of methoxy groups -OCH3 is 1. The highest BCUT2D eigenvalue weighted by atomic mass is 35.5. The third-order valence-corrected chi connectivity index (χ3v) is 4.25. The van der Waals surface area contributed by atoms with E-state index in [1.54, 1.807) is 7.11 Å². The van der Waals surface area contributed by atoms with Crippen molar-refractivity contribution in [2.45, 2.75) is 5.60 Å². The van der Waals surface area contributed by atoms with Crippen molar-refractivity contribution < 1.29 is 4.74 Å². The van der Waals surface area contributed by atoms with Crippen molar-refractivity contribution in [1.29, 1.82) is 0 Å². The molecule has 110 valence electrons. The Morgan fingerprint density at radius 3 is 1.59 bits per heavy atom. The van der Waals surface area contributed by atoms with Crippen molar-refractivity contribution >= 4 is 11.6 Å². The Bertz CT molecular complexity index is 698. The molecule has 0 heterocycles. The Hall–Kier alpha value is -2.09. The van der Waals surface area contributed by atoms with Crippen molar-refractivity contribution in [3.05, 3.63) is 107 Å². The standard InChI is InChI=1S/C20H17ClO/c1-22-20(16-10-4-2-5-11-16,17-12-6-3-7-13-17)18-14-8-9-15-19(18)21/h2-15H,1H3. The Labute approximate surface area is 136 Å². The van der Waals surface area contributed by atoms with E-state index in [0.29, 0.717) is 5.02 Å². The Kier molecular flexibility index (Phi) is 4.28. The van der Waals surface area contributed by atoms with Gasteiger partial charge in [-0.25, -0.2) is 0 Å². The number of rotatable bonds is 4. The topological polar surface area (TPSA) is 9.23 Å². The highest BCUT2D eigenvalue weighted by molar-refractivity contribution is 6.31. The SMILES string of the molecule is COC(c1ccccc1)(c1ccccc1)c1ccccc1Cl. The number of ether oxygens (including phenoxy) is 1. The van der Waals surface area contributed by atoms with Crippen LogP contribution in [0, 0.1) is 0 Å². The molecule has 3 aromatic rings. The molecule has 0 aromatic heterocycles. The molecular formula is C20H17ClO. The number of halogens is 1. The summed E-state index contributed by atoms with van der Waals surface area (Å²) in [6, 6.07) is 28.2. The molecule has 0 aliphatic carbocycles. The zero-order chi connectivity index (χ0) is 15.4. The molecule has 22 heavy (non-hydrogen) atoms. The molecule has 3 rings (SSSR count). The maximum absolute atomic E-state index is 6.51. The fraction of sp³-hybridized carbons (Fsp3) is 0.100. The second-order valence-electron chi connectivity index (χ2n) is 5.10. The summed E-state index contributed by atoms with van der Waals surface area (Å²) in [4.78, 5) is 0. The van der Waals surface area contributed by atoms with Crippen molar-refractivity contribution in [3.8, 4) is 0 Å². The molecule has 2 heteroatoms. The number of hydrogen-bond donors (Lipinski definition) is 0. The Balaban J connectivity index is 2.34. The first-order valence-electron chi connectivity index (χ1n) is 7.20. The van der Waals surface area contributed by atoms with Gasteiger partial charge in [0.25, 0.3) is 0 Å². The predicted molar refractivity (Wildman–Crippen MR) is 91.2 cm³/mol. The Morgan fingerprint density at radius 2 is 1.14 bits per heavy atom. The van der Waals surface area contributed by atoms with E-state index in [1.165, 1.54) is 0 Å². The van der Waals surface area contributed by atoms with Crippen molar-refractivity contribution in [2.24, 2.45) is 0 Å². The molecule has 0 saturated heterocycles. The van der Waals surface area contributed by atoms with Crippen LogP contribution in [0.25, 0.3) is 0 Å². The largest absolute Gasteiger partial charge is 0.364 e. The molecule has 3 aromatic carbocycles. The first kappa shape index (κ1) is 14.8. The van der Waals surface area contributed by atoms with Gasteiger partial charge in [0.15, 0.2) is 0 Å². The second-order valence-corrected chi connectivity index (χ2v) is 5.50. The molecule has 0 aliphatic rings. The van der Waals surface area contributed by atoms with Gasteiger partial charge < -0.3 is 4.74 Å². The van der Waals surface area contributed by atoms with E-state index in [2.05, 4.69) is 24.3 Å². The van der Waals surface area contributed by atoms with Crippen LogP contribution in [-0.4, -0.2) is 7.11 Å². The van der Waals surface area contributed by atoms with Crippen LogP contribution in [0.1, 0.15) is 16.7 Å². The van der Waals surface area contributed by atoms with E-state index in [0.717, 1.165) is 16.7 Å². The van der Waals surface area contributed by atoms with Crippen LogP contribution in [0.15, 0.2) is 84.9 Å². The number of hydrogen-bond acceptors (Lipinski definition) is 1. The molecule has 1 nitrogen and oxygen atoms in total. The summed E-state index contributed by atoms with van der Waals surface area (Å²) in [6.45, 7) is 0. The average molecular weight is 309 g/mol. The third kappa shape index (κ3) is 2.43. The van der Waals surface area contributed by atoms with Gasteiger partial charge in [-0.3, -0.25) is 0 Å². The van der Waals surface area contributed by atoms with Gasteiger partial charge in [0.2, 0.25) is 0 Å². The summed E-state index contributed by atoms with van der Waals surface area (Å²) in [5.74, 6) is 0. The minimum atomic E-state index is -0.721. The predicted octanol–water partition coefficient (Wildman–Crippen LogP) is 5.28. The van der Waals surface area contributed by atoms with Crippen molar-refractivity contribution in [3.63, 3.8) is 0 Å². The molecule has 0 aliphatic heterocycles. The summed E-state index contributed by atoms with van der Waals surface area (Å²) in [5.41, 5.74) is 2.33. The van der Waals surface area contributed by atoms with E-state index in [-0.39, 0.29) is 0 Å². The Morgan fingerprint density at radius 1 is 0.682 bits per heavy atom. The van der Waals surface area contributed by atoms with Gasteiger partial charge in [0, 0.05) is 17.7 Å². The molecule has 0 bridgehead atoms. The molecular weight excluding hydrogens is 292 g/mol. The van der Waals surface area contributed by atoms with Gasteiger partial charge in [0.05, 0.1) is 0 Å². The monoisotopic (exact) mass is 308 g/mol. The lowest BCUT2D eigenvalue weighted by molar-refractivity contribution is 0.0586. The van der Waals surface area contributed by atoms with Crippen LogP contribution in [0.4, 0.5) is 0 Å². The molecule has 0 spiro atoms. The van der Waals surface area contributed by atoms with Crippen LogP contribution >= 0.6 is 11.6 Å². The number of benzene rings is 3. The van der Waals surface area contributed by atoms with E-state index < -0.39 is 5.60 Å². The van der Waals surface area contributed by atoms with E-state index in [1.807, 2.05) is 60.7 Å². The maximum atomic E-state index is 6.51. The van der Waals surface area contributed by atoms with Crippen LogP contribution in [0.2, 0.25) is 5.02 Å². The van der Waals surface area contributed by atoms with Gasteiger partial charge in [-0.2, -0.15) is 0 Å². The highest BCUT2D eigenvalue weighted by Crippen LogP contribution is 2.42. The van der Waals surface area contributed by atoms with Gasteiger partial charge >= 0.3 is 0 Å². The zero-order valence-corrected chi connectivity index (χ0v) is 13.1. The molecule has 0 atom stereocenters. The summed E-state index contributed by atoms with van der Waals surface area (Å²) >= 11 is 6.51. The molecule has 0 N–H and O–H groups in total.